The third-order valence-electron chi connectivity index (χ3n) is 3.45. The summed E-state index contributed by atoms with van der Waals surface area (Å²) in [6.45, 7) is 4.50. The van der Waals surface area contributed by atoms with Crippen molar-refractivity contribution in [2.24, 2.45) is 9.98 Å². The smallest absolute Gasteiger partial charge is 0.148 e. The Bertz CT molecular complexity index is 693. The molecule has 114 valence electrons. The number of nitrogens with zero attached hydrogens (tertiary/aromatic N) is 4. The molecule has 1 aromatic heterocycles. The van der Waals surface area contributed by atoms with E-state index in [9.17, 15) is 0 Å². The highest BCUT2D eigenvalue weighted by Gasteiger charge is 2.19. The standard InChI is InChI=1S/C16H19N5S/c1-3-4-5-14-12(17-2)6-9-21(14)10-15-20-13(11-22-15)16-18-7-8-19-16/h3-6,9,11H,7-8,10H2,1-2H3,(H,18,19)/b4-3-,14-5+,17-12+. The Morgan fingerprint density at radius 3 is 3.14 bits per heavy atom. The van der Waals surface area contributed by atoms with Gasteiger partial charge in [-0.1, -0.05) is 12.2 Å². The van der Waals surface area contributed by atoms with Crippen molar-refractivity contribution in [1.29, 1.82) is 0 Å². The molecule has 22 heavy (non-hydrogen) atoms. The molecule has 3 rings (SSSR count). The number of amidine groups is 1. The molecular weight excluding hydrogens is 294 g/mol. The zero-order valence-corrected chi connectivity index (χ0v) is 13.6. The van der Waals surface area contributed by atoms with Crippen LogP contribution in [0.4, 0.5) is 0 Å². The number of thiazole rings is 1. The lowest BCUT2D eigenvalue weighted by Gasteiger charge is -2.16. The summed E-state index contributed by atoms with van der Waals surface area (Å²) >= 11 is 1.67. The van der Waals surface area contributed by atoms with E-state index in [1.165, 1.54) is 0 Å². The van der Waals surface area contributed by atoms with Crippen LogP contribution in [0.1, 0.15) is 17.6 Å². The molecule has 0 unspecified atom stereocenters. The largest absolute Gasteiger partial charge is 0.367 e. The van der Waals surface area contributed by atoms with E-state index in [4.69, 9.17) is 0 Å². The molecule has 5 nitrogen and oxygen atoms in total. The van der Waals surface area contributed by atoms with E-state index in [-0.39, 0.29) is 0 Å². The van der Waals surface area contributed by atoms with Crippen molar-refractivity contribution in [2.45, 2.75) is 13.5 Å². The zero-order chi connectivity index (χ0) is 15.4. The summed E-state index contributed by atoms with van der Waals surface area (Å²) in [5.41, 5.74) is 3.05. The first kappa shape index (κ1) is 14.7. The quantitative estimate of drug-likeness (QED) is 0.928. The summed E-state index contributed by atoms with van der Waals surface area (Å²) in [5, 5.41) is 6.39. The van der Waals surface area contributed by atoms with Gasteiger partial charge in [-0.25, -0.2) is 4.98 Å². The molecule has 0 aliphatic carbocycles. The lowest BCUT2D eigenvalue weighted by molar-refractivity contribution is 0.489. The molecular formula is C16H19N5S. The fraction of sp³-hybridized carbons (Fsp3) is 0.312. The van der Waals surface area contributed by atoms with Crippen LogP contribution in [-0.4, -0.2) is 41.6 Å². The second-order valence-corrected chi connectivity index (χ2v) is 5.86. The number of aliphatic imine (C=N–C) groups is 2. The molecule has 0 radical (unpaired) electrons. The van der Waals surface area contributed by atoms with Crippen molar-refractivity contribution in [3.63, 3.8) is 0 Å². The normalized spacial score (nSPS) is 21.4. The van der Waals surface area contributed by atoms with Gasteiger partial charge in [-0.15, -0.1) is 11.3 Å². The monoisotopic (exact) mass is 313 g/mol. The zero-order valence-electron chi connectivity index (χ0n) is 12.8. The number of allylic oxidation sites excluding steroid dienone is 4. The van der Waals surface area contributed by atoms with Crippen LogP contribution >= 0.6 is 11.3 Å². The summed E-state index contributed by atoms with van der Waals surface area (Å²) in [6.07, 6.45) is 10.2. The molecule has 0 atom stereocenters. The minimum Gasteiger partial charge on any atom is -0.367 e. The minimum atomic E-state index is 0.747. The first-order valence-corrected chi connectivity index (χ1v) is 8.18. The maximum Gasteiger partial charge on any atom is 0.148 e. The van der Waals surface area contributed by atoms with Gasteiger partial charge in [-0.2, -0.15) is 0 Å². The van der Waals surface area contributed by atoms with Crippen molar-refractivity contribution >= 4 is 22.9 Å². The van der Waals surface area contributed by atoms with Crippen LogP contribution in [0, 0.1) is 0 Å². The van der Waals surface area contributed by atoms with Crippen molar-refractivity contribution in [3.8, 4) is 0 Å². The summed E-state index contributed by atoms with van der Waals surface area (Å²) in [4.78, 5) is 15.6. The Morgan fingerprint density at radius 2 is 2.41 bits per heavy atom. The molecule has 3 heterocycles. The molecule has 0 aromatic carbocycles. The number of nitrogens with one attached hydrogen (secondary N) is 1. The Balaban J connectivity index is 1.76. The van der Waals surface area contributed by atoms with Gasteiger partial charge >= 0.3 is 0 Å². The first-order valence-electron chi connectivity index (χ1n) is 7.30. The van der Waals surface area contributed by atoms with E-state index >= 15 is 0 Å². The second-order valence-electron chi connectivity index (χ2n) is 4.91. The van der Waals surface area contributed by atoms with Crippen LogP contribution in [0.2, 0.25) is 0 Å². The Morgan fingerprint density at radius 1 is 1.50 bits per heavy atom. The number of aromatic nitrogens is 1. The molecule has 1 aromatic rings. The van der Waals surface area contributed by atoms with Gasteiger partial charge < -0.3 is 10.2 Å². The summed E-state index contributed by atoms with van der Waals surface area (Å²) in [6, 6.07) is 0. The third-order valence-corrected chi connectivity index (χ3v) is 4.28. The predicted octanol–water partition coefficient (Wildman–Crippen LogP) is 2.35. The molecule has 0 saturated heterocycles. The number of hydrogen-bond donors (Lipinski definition) is 1. The average Bonchev–Trinajstić information content (AvgIpc) is 3.26. The average molecular weight is 313 g/mol. The maximum absolute atomic E-state index is 4.69. The first-order chi connectivity index (χ1) is 10.8. The van der Waals surface area contributed by atoms with Gasteiger partial charge in [0.05, 0.1) is 24.5 Å². The van der Waals surface area contributed by atoms with E-state index in [2.05, 4.69) is 42.8 Å². The van der Waals surface area contributed by atoms with Crippen molar-refractivity contribution < 1.29 is 0 Å². The topological polar surface area (TPSA) is 52.9 Å². The lowest BCUT2D eigenvalue weighted by atomic mass is 10.2. The van der Waals surface area contributed by atoms with Crippen LogP contribution in [0.5, 0.6) is 0 Å². The Labute approximate surface area is 134 Å². The van der Waals surface area contributed by atoms with Gasteiger partial charge in [-0.05, 0) is 19.1 Å². The highest BCUT2D eigenvalue weighted by molar-refractivity contribution is 7.09. The van der Waals surface area contributed by atoms with Gasteiger partial charge in [0.1, 0.15) is 16.5 Å². The van der Waals surface area contributed by atoms with Crippen molar-refractivity contribution in [1.82, 2.24) is 15.2 Å². The summed E-state index contributed by atoms with van der Waals surface area (Å²) in [5.74, 6) is 0.917. The van der Waals surface area contributed by atoms with Gasteiger partial charge in [0.25, 0.3) is 0 Å². The fourth-order valence-electron chi connectivity index (χ4n) is 2.38. The predicted molar refractivity (Wildman–Crippen MR) is 92.5 cm³/mol. The molecule has 0 bridgehead atoms. The van der Waals surface area contributed by atoms with Crippen LogP contribution in [0.3, 0.4) is 0 Å². The highest BCUT2D eigenvalue weighted by Crippen LogP contribution is 2.22. The maximum atomic E-state index is 4.69. The van der Waals surface area contributed by atoms with Crippen LogP contribution in [-0.2, 0) is 6.54 Å². The fourth-order valence-corrected chi connectivity index (χ4v) is 3.15. The third kappa shape index (κ3) is 3.01. The van der Waals surface area contributed by atoms with Crippen LogP contribution in [0.25, 0.3) is 0 Å². The lowest BCUT2D eigenvalue weighted by Crippen LogP contribution is -2.20. The molecule has 1 N–H and O–H groups in total. The number of rotatable bonds is 4. The van der Waals surface area contributed by atoms with Crippen LogP contribution in [0.15, 0.2) is 51.6 Å². The second kappa shape index (κ2) is 6.70. The van der Waals surface area contributed by atoms with Crippen molar-refractivity contribution in [3.05, 3.63) is 52.3 Å². The van der Waals surface area contributed by atoms with E-state index < -0.39 is 0 Å². The molecule has 2 aliphatic heterocycles. The van der Waals surface area contributed by atoms with Gasteiger partial charge in [-0.3, -0.25) is 9.98 Å². The van der Waals surface area contributed by atoms with Crippen molar-refractivity contribution in [2.75, 3.05) is 20.1 Å². The molecule has 0 saturated carbocycles. The molecule has 0 spiro atoms. The van der Waals surface area contributed by atoms with E-state index in [1.54, 1.807) is 11.3 Å². The minimum absolute atomic E-state index is 0.747. The van der Waals surface area contributed by atoms with Gasteiger partial charge in [0.2, 0.25) is 0 Å². The van der Waals surface area contributed by atoms with Gasteiger partial charge in [0.15, 0.2) is 0 Å². The van der Waals surface area contributed by atoms with E-state index in [0.717, 1.165) is 47.6 Å². The molecule has 2 aliphatic rings. The SMILES string of the molecule is C\C=C/C=C1\C(=N\C)C=CN1Cc1nc(C2=NCCN2)cs1. The molecule has 0 fully saturated rings. The summed E-state index contributed by atoms with van der Waals surface area (Å²) < 4.78 is 0. The Hall–Kier alpha value is -2.21. The molecule has 0 amide bonds. The number of hydrogen-bond acceptors (Lipinski definition) is 6. The van der Waals surface area contributed by atoms with Crippen LogP contribution < -0.4 is 5.32 Å². The molecule has 6 heteroatoms. The van der Waals surface area contributed by atoms with E-state index in [0.29, 0.717) is 0 Å². The van der Waals surface area contributed by atoms with E-state index in [1.807, 2.05) is 32.2 Å². The highest BCUT2D eigenvalue weighted by atomic mass is 32.1. The Kier molecular flexibility index (Phi) is 4.48. The van der Waals surface area contributed by atoms with Gasteiger partial charge in [0, 0.05) is 25.2 Å². The summed E-state index contributed by atoms with van der Waals surface area (Å²) in [7, 11) is 1.82.